The Morgan fingerprint density at radius 2 is 2.06 bits per heavy atom. The summed E-state index contributed by atoms with van der Waals surface area (Å²) in [5.41, 5.74) is 7.74. The van der Waals surface area contributed by atoms with Crippen LogP contribution in [0.4, 0.5) is 0 Å². The molecule has 0 saturated carbocycles. The Balaban J connectivity index is 2.06. The minimum absolute atomic E-state index is 0.320. The average Bonchev–Trinajstić information content (AvgIpc) is 2.96. The molecule has 0 fully saturated rings. The normalized spacial score (nSPS) is 13.1. The lowest BCUT2D eigenvalue weighted by Crippen LogP contribution is -2.09. The molecule has 0 aliphatic carbocycles. The van der Waals surface area contributed by atoms with Crippen molar-refractivity contribution in [2.45, 2.75) is 6.04 Å². The first kappa shape index (κ1) is 10.4. The topological polar surface area (TPSA) is 52.3 Å². The molecule has 3 nitrogen and oxygen atoms in total. The molecule has 86 valence electrons. The summed E-state index contributed by atoms with van der Waals surface area (Å²) < 4.78 is 10.7. The number of furan rings is 2. The van der Waals surface area contributed by atoms with Crippen LogP contribution in [0.25, 0.3) is 11.0 Å². The van der Waals surface area contributed by atoms with E-state index >= 15 is 0 Å². The predicted octanol–water partition coefficient (Wildman–Crippen LogP) is 3.73. The van der Waals surface area contributed by atoms with Crippen LogP contribution in [0.2, 0.25) is 5.02 Å². The number of rotatable bonds is 2. The van der Waals surface area contributed by atoms with E-state index in [1.54, 1.807) is 18.6 Å². The molecular weight excluding hydrogens is 238 g/mol. The number of nitrogens with two attached hydrogens (primary N) is 1. The number of hydrogen-bond donors (Lipinski definition) is 1. The van der Waals surface area contributed by atoms with Gasteiger partial charge >= 0.3 is 0 Å². The van der Waals surface area contributed by atoms with Crippen LogP contribution < -0.4 is 5.73 Å². The number of halogens is 1. The minimum Gasteiger partial charge on any atom is -0.472 e. The fraction of sp³-hybridized carbons (Fsp3) is 0.0769. The molecule has 3 aromatic rings. The van der Waals surface area contributed by atoms with Gasteiger partial charge in [-0.1, -0.05) is 11.6 Å². The van der Waals surface area contributed by atoms with Gasteiger partial charge in [-0.3, -0.25) is 0 Å². The molecule has 0 radical (unpaired) electrons. The lowest BCUT2D eigenvalue weighted by Gasteiger charge is -2.03. The van der Waals surface area contributed by atoms with Gasteiger partial charge in [-0.25, -0.2) is 0 Å². The highest BCUT2D eigenvalue weighted by atomic mass is 35.5. The lowest BCUT2D eigenvalue weighted by molar-refractivity contribution is 0.517. The third-order valence-corrected chi connectivity index (χ3v) is 2.94. The van der Waals surface area contributed by atoms with Gasteiger partial charge in [-0.2, -0.15) is 0 Å². The van der Waals surface area contributed by atoms with E-state index in [2.05, 4.69) is 0 Å². The fourth-order valence-electron chi connectivity index (χ4n) is 1.80. The Kier molecular flexibility index (Phi) is 2.42. The second-order valence-electron chi connectivity index (χ2n) is 3.87. The van der Waals surface area contributed by atoms with Crippen LogP contribution in [0.5, 0.6) is 0 Å². The van der Waals surface area contributed by atoms with E-state index in [-0.39, 0.29) is 6.04 Å². The zero-order chi connectivity index (χ0) is 11.8. The Morgan fingerprint density at radius 1 is 1.18 bits per heavy atom. The standard InChI is InChI=1S/C13H10ClNO2/c14-10-1-2-11-9(5-10)6-12(17-11)13(15)8-3-4-16-7-8/h1-7,13H,15H2. The van der Waals surface area contributed by atoms with E-state index in [9.17, 15) is 0 Å². The second kappa shape index (κ2) is 3.95. The predicted molar refractivity (Wildman–Crippen MR) is 66.0 cm³/mol. The van der Waals surface area contributed by atoms with Crippen molar-refractivity contribution in [2.75, 3.05) is 0 Å². The Morgan fingerprint density at radius 3 is 2.82 bits per heavy atom. The van der Waals surface area contributed by atoms with Crippen molar-refractivity contribution < 1.29 is 8.83 Å². The van der Waals surface area contributed by atoms with E-state index < -0.39 is 0 Å². The first-order chi connectivity index (χ1) is 8.24. The highest BCUT2D eigenvalue weighted by molar-refractivity contribution is 6.31. The maximum absolute atomic E-state index is 6.08. The minimum atomic E-state index is -0.320. The van der Waals surface area contributed by atoms with E-state index in [0.29, 0.717) is 10.8 Å². The quantitative estimate of drug-likeness (QED) is 0.751. The molecule has 0 spiro atoms. The summed E-state index contributed by atoms with van der Waals surface area (Å²) in [4.78, 5) is 0. The highest BCUT2D eigenvalue weighted by Crippen LogP contribution is 2.28. The summed E-state index contributed by atoms with van der Waals surface area (Å²) in [6.07, 6.45) is 3.21. The van der Waals surface area contributed by atoms with Gasteiger partial charge in [0.15, 0.2) is 0 Å². The zero-order valence-corrected chi connectivity index (χ0v) is 9.65. The molecule has 1 aromatic carbocycles. The number of benzene rings is 1. The largest absolute Gasteiger partial charge is 0.472 e. The third-order valence-electron chi connectivity index (χ3n) is 2.71. The third kappa shape index (κ3) is 1.84. The van der Waals surface area contributed by atoms with Gasteiger partial charge in [0.25, 0.3) is 0 Å². The van der Waals surface area contributed by atoms with Crippen molar-refractivity contribution >= 4 is 22.6 Å². The monoisotopic (exact) mass is 247 g/mol. The van der Waals surface area contributed by atoms with Crippen molar-refractivity contribution in [3.8, 4) is 0 Å². The molecule has 0 saturated heterocycles. The van der Waals surface area contributed by atoms with Crippen molar-refractivity contribution in [2.24, 2.45) is 5.73 Å². The first-order valence-electron chi connectivity index (χ1n) is 5.21. The Hall–Kier alpha value is -1.71. The lowest BCUT2D eigenvalue weighted by atomic mass is 10.1. The van der Waals surface area contributed by atoms with Crippen LogP contribution in [0.3, 0.4) is 0 Å². The van der Waals surface area contributed by atoms with Gasteiger partial charge in [-0.05, 0) is 30.3 Å². The maximum atomic E-state index is 6.08. The SMILES string of the molecule is NC(c1ccoc1)c1cc2cc(Cl)ccc2o1. The summed E-state index contributed by atoms with van der Waals surface area (Å²) in [6.45, 7) is 0. The van der Waals surface area contributed by atoms with Gasteiger partial charge in [0, 0.05) is 16.0 Å². The average molecular weight is 248 g/mol. The molecule has 0 amide bonds. The van der Waals surface area contributed by atoms with Crippen molar-refractivity contribution in [1.29, 1.82) is 0 Å². The van der Waals surface area contributed by atoms with E-state index in [4.69, 9.17) is 26.2 Å². The Bertz CT molecular complexity index is 643. The molecule has 17 heavy (non-hydrogen) atoms. The Labute approximate surface area is 103 Å². The summed E-state index contributed by atoms with van der Waals surface area (Å²) in [5, 5.41) is 1.63. The maximum Gasteiger partial charge on any atom is 0.134 e. The van der Waals surface area contributed by atoms with Crippen LogP contribution >= 0.6 is 11.6 Å². The van der Waals surface area contributed by atoms with Crippen molar-refractivity contribution in [3.05, 3.63) is 59.2 Å². The van der Waals surface area contributed by atoms with Crippen molar-refractivity contribution in [1.82, 2.24) is 0 Å². The van der Waals surface area contributed by atoms with Gasteiger partial charge in [-0.15, -0.1) is 0 Å². The van der Waals surface area contributed by atoms with Crippen LogP contribution in [-0.2, 0) is 0 Å². The summed E-state index contributed by atoms with van der Waals surface area (Å²) in [5.74, 6) is 0.698. The zero-order valence-electron chi connectivity index (χ0n) is 8.89. The second-order valence-corrected chi connectivity index (χ2v) is 4.30. The molecule has 2 N–H and O–H groups in total. The van der Waals surface area contributed by atoms with Gasteiger partial charge in [0.2, 0.25) is 0 Å². The fourth-order valence-corrected chi connectivity index (χ4v) is 1.98. The number of fused-ring (bicyclic) bond motifs is 1. The molecule has 2 heterocycles. The molecule has 4 heteroatoms. The van der Waals surface area contributed by atoms with Crippen LogP contribution in [0, 0.1) is 0 Å². The smallest absolute Gasteiger partial charge is 0.134 e. The molecule has 2 aromatic heterocycles. The molecule has 1 unspecified atom stereocenters. The van der Waals surface area contributed by atoms with Gasteiger partial charge in [0.05, 0.1) is 18.6 Å². The molecule has 0 bridgehead atoms. The molecule has 3 rings (SSSR count). The number of hydrogen-bond acceptors (Lipinski definition) is 3. The highest BCUT2D eigenvalue weighted by Gasteiger charge is 2.15. The molecular formula is C13H10ClNO2. The van der Waals surface area contributed by atoms with Crippen LogP contribution in [0.1, 0.15) is 17.4 Å². The molecule has 1 atom stereocenters. The van der Waals surface area contributed by atoms with E-state index in [1.165, 1.54) is 0 Å². The first-order valence-corrected chi connectivity index (χ1v) is 5.58. The van der Waals surface area contributed by atoms with Crippen LogP contribution in [-0.4, -0.2) is 0 Å². The summed E-state index contributed by atoms with van der Waals surface area (Å²) >= 11 is 5.92. The van der Waals surface area contributed by atoms with Crippen LogP contribution in [0.15, 0.2) is 51.7 Å². The van der Waals surface area contributed by atoms with Gasteiger partial charge < -0.3 is 14.6 Å². The summed E-state index contributed by atoms with van der Waals surface area (Å²) in [7, 11) is 0. The molecule has 0 aliphatic rings. The molecule has 0 aliphatic heterocycles. The van der Waals surface area contributed by atoms with E-state index in [0.717, 1.165) is 16.5 Å². The van der Waals surface area contributed by atoms with Gasteiger partial charge in [0.1, 0.15) is 11.3 Å². The van der Waals surface area contributed by atoms with Crippen molar-refractivity contribution in [3.63, 3.8) is 0 Å². The summed E-state index contributed by atoms with van der Waals surface area (Å²) in [6, 6.07) is 8.89. The van der Waals surface area contributed by atoms with E-state index in [1.807, 2.05) is 24.3 Å².